The summed E-state index contributed by atoms with van der Waals surface area (Å²) in [5.74, 6) is 0.972. The van der Waals surface area contributed by atoms with Crippen LogP contribution in [0, 0.1) is 0 Å². The molecule has 3 rings (SSSR count). The van der Waals surface area contributed by atoms with E-state index in [-0.39, 0.29) is 0 Å². The van der Waals surface area contributed by atoms with Crippen molar-refractivity contribution in [3.63, 3.8) is 0 Å². The lowest BCUT2D eigenvalue weighted by molar-refractivity contribution is 0.477. The number of thioether (sulfide) groups is 1. The summed E-state index contributed by atoms with van der Waals surface area (Å²) in [6, 6.07) is 13.9. The summed E-state index contributed by atoms with van der Waals surface area (Å²) in [7, 11) is -3.36. The Labute approximate surface area is 148 Å². The van der Waals surface area contributed by atoms with Gasteiger partial charge in [-0.3, -0.25) is 0 Å². The first-order valence-corrected chi connectivity index (χ1v) is 10.7. The molecule has 2 heterocycles. The Kier molecular flexibility index (Phi) is 5.92. The summed E-state index contributed by atoms with van der Waals surface area (Å²) < 4.78 is 26.4. The molecule has 1 saturated heterocycles. The number of rotatable bonds is 7. The average Bonchev–Trinajstić information content (AvgIpc) is 3.16. The number of hydrogen-bond acceptors (Lipinski definition) is 4. The van der Waals surface area contributed by atoms with Crippen molar-refractivity contribution in [3.8, 4) is 0 Å². The minimum absolute atomic E-state index is 0.304. The first-order chi connectivity index (χ1) is 11.7. The van der Waals surface area contributed by atoms with Crippen LogP contribution in [-0.4, -0.2) is 36.5 Å². The van der Waals surface area contributed by atoms with Gasteiger partial charge >= 0.3 is 0 Å². The maximum atomic E-state index is 12.4. The molecule has 1 aromatic heterocycles. The highest BCUT2D eigenvalue weighted by molar-refractivity contribution is 7.99. The van der Waals surface area contributed by atoms with E-state index in [1.807, 2.05) is 12.1 Å². The number of hydrogen-bond donors (Lipinski definition) is 0. The van der Waals surface area contributed by atoms with E-state index in [1.54, 1.807) is 22.1 Å². The van der Waals surface area contributed by atoms with Gasteiger partial charge in [0, 0.05) is 19.3 Å². The fraction of sp³-hybridized carbons (Fsp3) is 0.389. The Morgan fingerprint density at radius 2 is 1.79 bits per heavy atom. The monoisotopic (exact) mass is 362 g/mol. The molecule has 1 aromatic carbocycles. The smallest absolute Gasteiger partial charge is 0.244 e. The molecule has 0 amide bonds. The molecule has 6 heteroatoms. The fourth-order valence-corrected chi connectivity index (χ4v) is 5.03. The summed E-state index contributed by atoms with van der Waals surface area (Å²) in [4.78, 5) is 4.62. The van der Waals surface area contributed by atoms with E-state index in [2.05, 4.69) is 29.2 Å². The molecule has 1 aliphatic heterocycles. The number of nitrogens with zero attached hydrogens (tertiary/aromatic N) is 2. The first-order valence-electron chi connectivity index (χ1n) is 8.29. The van der Waals surface area contributed by atoms with Crippen LogP contribution in [0.5, 0.6) is 0 Å². The van der Waals surface area contributed by atoms with Gasteiger partial charge < -0.3 is 0 Å². The van der Waals surface area contributed by atoms with E-state index in [0.717, 1.165) is 36.5 Å². The molecule has 0 saturated carbocycles. The quantitative estimate of drug-likeness (QED) is 0.558. The third-order valence-electron chi connectivity index (χ3n) is 4.11. The molecule has 4 nitrogen and oxygen atoms in total. The molecule has 0 aliphatic carbocycles. The molecule has 1 aliphatic rings. The molecule has 1 fully saturated rings. The zero-order valence-electron chi connectivity index (χ0n) is 13.6. The topological polar surface area (TPSA) is 50.3 Å². The molecule has 0 atom stereocenters. The van der Waals surface area contributed by atoms with Crippen LogP contribution in [0.25, 0.3) is 0 Å². The summed E-state index contributed by atoms with van der Waals surface area (Å²) in [5.41, 5.74) is 1.35. The van der Waals surface area contributed by atoms with Crippen LogP contribution in [0.4, 0.5) is 0 Å². The largest absolute Gasteiger partial charge is 0.249 e. The molecule has 24 heavy (non-hydrogen) atoms. The SMILES string of the molecule is O=S(=O)(c1ccc(SCCCc2ccccc2)nc1)N1CCCC1. The third-order valence-corrected chi connectivity index (χ3v) is 7.03. The Hall–Kier alpha value is -1.37. The van der Waals surface area contributed by atoms with Crippen LogP contribution in [0.2, 0.25) is 0 Å². The maximum Gasteiger partial charge on any atom is 0.244 e. The molecule has 2 aromatic rings. The minimum atomic E-state index is -3.36. The van der Waals surface area contributed by atoms with E-state index in [4.69, 9.17) is 0 Å². The highest BCUT2D eigenvalue weighted by atomic mass is 32.2. The predicted molar refractivity (Wildman–Crippen MR) is 97.7 cm³/mol. The number of sulfonamides is 1. The second kappa shape index (κ2) is 8.14. The van der Waals surface area contributed by atoms with Gasteiger partial charge in [-0.1, -0.05) is 30.3 Å². The van der Waals surface area contributed by atoms with Gasteiger partial charge in [-0.25, -0.2) is 13.4 Å². The van der Waals surface area contributed by atoms with Gasteiger partial charge in [-0.15, -0.1) is 11.8 Å². The highest BCUT2D eigenvalue weighted by Crippen LogP contribution is 2.23. The summed E-state index contributed by atoms with van der Waals surface area (Å²) in [6.07, 6.45) is 5.51. The lowest BCUT2D eigenvalue weighted by Gasteiger charge is -2.15. The normalized spacial score (nSPS) is 15.7. The van der Waals surface area contributed by atoms with Gasteiger partial charge in [-0.05, 0) is 49.1 Å². The van der Waals surface area contributed by atoms with E-state index < -0.39 is 10.0 Å². The Bertz CT molecular complexity index is 740. The molecule has 0 N–H and O–H groups in total. The fourth-order valence-electron chi connectivity index (χ4n) is 2.78. The Morgan fingerprint density at radius 1 is 1.04 bits per heavy atom. The van der Waals surface area contributed by atoms with E-state index in [1.165, 1.54) is 11.8 Å². The van der Waals surface area contributed by atoms with Crippen LogP contribution in [0.1, 0.15) is 24.8 Å². The van der Waals surface area contributed by atoms with E-state index in [0.29, 0.717) is 18.0 Å². The van der Waals surface area contributed by atoms with E-state index in [9.17, 15) is 8.42 Å². The second-order valence-corrected chi connectivity index (χ2v) is 8.93. The molecule has 128 valence electrons. The van der Waals surface area contributed by atoms with Gasteiger partial charge in [0.25, 0.3) is 0 Å². The Morgan fingerprint density at radius 3 is 2.46 bits per heavy atom. The van der Waals surface area contributed by atoms with Gasteiger partial charge in [-0.2, -0.15) is 4.31 Å². The first kappa shape index (κ1) is 17.5. The van der Waals surface area contributed by atoms with Gasteiger partial charge in [0.1, 0.15) is 4.90 Å². The number of benzene rings is 1. The lowest BCUT2D eigenvalue weighted by Crippen LogP contribution is -2.27. The van der Waals surface area contributed by atoms with Crippen molar-refractivity contribution in [1.82, 2.24) is 9.29 Å². The molecule has 0 spiro atoms. The van der Waals surface area contributed by atoms with Gasteiger partial charge in [0.15, 0.2) is 0 Å². The molecular weight excluding hydrogens is 340 g/mol. The van der Waals surface area contributed by atoms with Crippen LogP contribution >= 0.6 is 11.8 Å². The highest BCUT2D eigenvalue weighted by Gasteiger charge is 2.27. The zero-order chi connectivity index (χ0) is 16.8. The molecule has 0 unspecified atom stereocenters. The van der Waals surface area contributed by atoms with Crippen LogP contribution in [0.15, 0.2) is 58.6 Å². The van der Waals surface area contributed by atoms with Crippen molar-refractivity contribution in [2.75, 3.05) is 18.8 Å². The van der Waals surface area contributed by atoms with Crippen LogP contribution in [0.3, 0.4) is 0 Å². The minimum Gasteiger partial charge on any atom is -0.249 e. The molecule has 0 radical (unpaired) electrons. The average molecular weight is 363 g/mol. The summed E-state index contributed by atoms with van der Waals surface area (Å²) in [6.45, 7) is 1.25. The molecular formula is C18H22N2O2S2. The molecule has 0 bridgehead atoms. The number of pyridine rings is 1. The predicted octanol–water partition coefficient (Wildman–Crippen LogP) is 3.59. The van der Waals surface area contributed by atoms with Crippen molar-refractivity contribution >= 4 is 21.8 Å². The summed E-state index contributed by atoms with van der Waals surface area (Å²) >= 11 is 1.67. The van der Waals surface area contributed by atoms with Crippen molar-refractivity contribution in [3.05, 3.63) is 54.2 Å². The number of aromatic nitrogens is 1. The summed E-state index contributed by atoms with van der Waals surface area (Å²) in [5, 5.41) is 0.878. The standard InChI is InChI=1S/C18H22N2O2S2/c21-24(22,20-12-4-5-13-20)17-10-11-18(19-15-17)23-14-6-9-16-7-2-1-3-8-16/h1-3,7-8,10-11,15H,4-6,9,12-14H2. The van der Waals surface area contributed by atoms with E-state index >= 15 is 0 Å². The van der Waals surface area contributed by atoms with Crippen LogP contribution < -0.4 is 0 Å². The zero-order valence-corrected chi connectivity index (χ0v) is 15.2. The Balaban J connectivity index is 1.51. The van der Waals surface area contributed by atoms with Crippen molar-refractivity contribution in [2.24, 2.45) is 0 Å². The van der Waals surface area contributed by atoms with Gasteiger partial charge in [0.05, 0.1) is 5.03 Å². The third kappa shape index (κ3) is 4.37. The maximum absolute atomic E-state index is 12.4. The van der Waals surface area contributed by atoms with Crippen molar-refractivity contribution < 1.29 is 8.42 Å². The second-order valence-electron chi connectivity index (χ2n) is 5.88. The number of aryl methyl sites for hydroxylation is 1. The van der Waals surface area contributed by atoms with Crippen LogP contribution in [-0.2, 0) is 16.4 Å². The van der Waals surface area contributed by atoms with Gasteiger partial charge in [0.2, 0.25) is 10.0 Å². The van der Waals surface area contributed by atoms with Crippen molar-refractivity contribution in [2.45, 2.75) is 35.6 Å². The van der Waals surface area contributed by atoms with Crippen molar-refractivity contribution in [1.29, 1.82) is 0 Å². The lowest BCUT2D eigenvalue weighted by atomic mass is 10.1.